The minimum absolute atomic E-state index is 0.0740. The van der Waals surface area contributed by atoms with Crippen LogP contribution < -0.4 is 10.2 Å². The Bertz CT molecular complexity index is 849. The number of anilines is 2. The Labute approximate surface area is 192 Å². The van der Waals surface area contributed by atoms with Crippen molar-refractivity contribution in [3.8, 4) is 0 Å². The lowest BCUT2D eigenvalue weighted by molar-refractivity contribution is -0.117. The average molecular weight is 433 g/mol. The van der Waals surface area contributed by atoms with Gasteiger partial charge in [0.2, 0.25) is 5.91 Å². The Balaban J connectivity index is 1.17. The summed E-state index contributed by atoms with van der Waals surface area (Å²) in [5.74, 6) is 0.0740. The molecular formula is C27H36N4O. The molecule has 1 amide bonds. The van der Waals surface area contributed by atoms with Crippen LogP contribution in [0.2, 0.25) is 0 Å². The summed E-state index contributed by atoms with van der Waals surface area (Å²) in [6, 6.07) is 18.8. The molecule has 0 spiro atoms. The van der Waals surface area contributed by atoms with Crippen molar-refractivity contribution in [2.75, 3.05) is 62.6 Å². The van der Waals surface area contributed by atoms with Crippen LogP contribution in [0.3, 0.4) is 0 Å². The summed E-state index contributed by atoms with van der Waals surface area (Å²) >= 11 is 0. The van der Waals surface area contributed by atoms with Crippen LogP contribution in [0.4, 0.5) is 11.4 Å². The molecule has 0 bridgehead atoms. The van der Waals surface area contributed by atoms with Crippen LogP contribution >= 0.6 is 0 Å². The standard InChI is InChI=1S/C27H36N4O/c32-27(28-25-12-14-26(15-13-25)31-17-6-1-2-7-18-31)23-30-21-19-29(20-22-30)16-8-11-24-9-4-3-5-10-24/h3-5,8-15H,1-2,6-7,16-23H2,(H,28,32). The molecule has 5 heteroatoms. The highest BCUT2D eigenvalue weighted by atomic mass is 16.2. The molecule has 2 aromatic rings. The number of amides is 1. The fourth-order valence-corrected chi connectivity index (χ4v) is 4.52. The van der Waals surface area contributed by atoms with Gasteiger partial charge in [-0.3, -0.25) is 14.6 Å². The van der Waals surface area contributed by atoms with Gasteiger partial charge >= 0.3 is 0 Å². The maximum absolute atomic E-state index is 12.5. The van der Waals surface area contributed by atoms with Crippen molar-refractivity contribution < 1.29 is 4.79 Å². The Morgan fingerprint density at radius 2 is 1.44 bits per heavy atom. The lowest BCUT2D eigenvalue weighted by Gasteiger charge is -2.33. The summed E-state index contributed by atoms with van der Waals surface area (Å²) in [6.07, 6.45) is 9.63. The smallest absolute Gasteiger partial charge is 0.238 e. The molecule has 2 aliphatic heterocycles. The van der Waals surface area contributed by atoms with Gasteiger partial charge in [-0.1, -0.05) is 55.3 Å². The minimum Gasteiger partial charge on any atom is -0.372 e. The van der Waals surface area contributed by atoms with Gasteiger partial charge in [-0.05, 0) is 42.7 Å². The predicted molar refractivity (Wildman–Crippen MR) is 134 cm³/mol. The molecule has 0 saturated carbocycles. The number of benzene rings is 2. The third kappa shape index (κ3) is 6.94. The molecule has 0 unspecified atom stereocenters. The fourth-order valence-electron chi connectivity index (χ4n) is 4.52. The Hall–Kier alpha value is -2.63. The molecule has 2 fully saturated rings. The van der Waals surface area contributed by atoms with Crippen molar-refractivity contribution in [1.29, 1.82) is 0 Å². The zero-order valence-electron chi connectivity index (χ0n) is 19.1. The second kappa shape index (κ2) is 11.8. The molecule has 5 nitrogen and oxygen atoms in total. The van der Waals surface area contributed by atoms with Crippen LogP contribution in [-0.2, 0) is 4.79 Å². The van der Waals surface area contributed by atoms with E-state index in [1.54, 1.807) is 0 Å². The Morgan fingerprint density at radius 3 is 2.12 bits per heavy atom. The van der Waals surface area contributed by atoms with Crippen LogP contribution in [0, 0.1) is 0 Å². The van der Waals surface area contributed by atoms with Crippen molar-refractivity contribution in [3.63, 3.8) is 0 Å². The quantitative estimate of drug-likeness (QED) is 0.707. The zero-order valence-corrected chi connectivity index (χ0v) is 19.1. The zero-order chi connectivity index (χ0) is 22.0. The van der Waals surface area contributed by atoms with E-state index in [-0.39, 0.29) is 5.91 Å². The van der Waals surface area contributed by atoms with Crippen LogP contribution in [-0.4, -0.2) is 68.1 Å². The normalized spacial score (nSPS) is 18.6. The van der Waals surface area contributed by atoms with Gasteiger partial charge in [-0.25, -0.2) is 0 Å². The highest BCUT2D eigenvalue weighted by Crippen LogP contribution is 2.21. The van der Waals surface area contributed by atoms with E-state index in [4.69, 9.17) is 0 Å². The van der Waals surface area contributed by atoms with E-state index in [1.807, 2.05) is 18.2 Å². The molecule has 2 aromatic carbocycles. The molecule has 0 atom stereocenters. The van der Waals surface area contributed by atoms with Gasteiger partial charge in [0.25, 0.3) is 0 Å². The van der Waals surface area contributed by atoms with Gasteiger partial charge in [-0.2, -0.15) is 0 Å². The molecular weight excluding hydrogens is 396 g/mol. The fraction of sp³-hybridized carbons (Fsp3) is 0.444. The van der Waals surface area contributed by atoms with Crippen LogP contribution in [0.1, 0.15) is 31.2 Å². The molecule has 170 valence electrons. The maximum atomic E-state index is 12.5. The predicted octanol–water partition coefficient (Wildman–Crippen LogP) is 4.34. The van der Waals surface area contributed by atoms with Gasteiger partial charge in [0.05, 0.1) is 6.54 Å². The highest BCUT2D eigenvalue weighted by molar-refractivity contribution is 5.92. The number of hydrogen-bond acceptors (Lipinski definition) is 4. The van der Waals surface area contributed by atoms with Crippen molar-refractivity contribution in [2.24, 2.45) is 0 Å². The molecule has 4 rings (SSSR count). The van der Waals surface area contributed by atoms with E-state index >= 15 is 0 Å². The molecule has 2 aliphatic rings. The topological polar surface area (TPSA) is 38.8 Å². The third-order valence-electron chi connectivity index (χ3n) is 6.43. The van der Waals surface area contributed by atoms with Crippen molar-refractivity contribution in [3.05, 3.63) is 66.2 Å². The second-order valence-electron chi connectivity index (χ2n) is 8.89. The summed E-state index contributed by atoms with van der Waals surface area (Å²) in [4.78, 5) is 19.7. The van der Waals surface area contributed by atoms with E-state index in [1.165, 1.54) is 36.9 Å². The number of nitrogens with zero attached hydrogens (tertiary/aromatic N) is 3. The largest absolute Gasteiger partial charge is 0.372 e. The molecule has 32 heavy (non-hydrogen) atoms. The minimum atomic E-state index is 0.0740. The second-order valence-corrected chi connectivity index (χ2v) is 8.89. The number of carbonyl (C=O) groups excluding carboxylic acids is 1. The summed E-state index contributed by atoms with van der Waals surface area (Å²) < 4.78 is 0. The van der Waals surface area contributed by atoms with Crippen molar-refractivity contribution in [1.82, 2.24) is 9.80 Å². The van der Waals surface area contributed by atoms with E-state index in [9.17, 15) is 4.79 Å². The monoisotopic (exact) mass is 432 g/mol. The molecule has 1 N–H and O–H groups in total. The van der Waals surface area contributed by atoms with Gasteiger partial charge in [0.15, 0.2) is 0 Å². The number of rotatable bonds is 7. The molecule has 0 aliphatic carbocycles. The van der Waals surface area contributed by atoms with Crippen LogP contribution in [0.5, 0.6) is 0 Å². The molecule has 2 saturated heterocycles. The molecule has 2 heterocycles. The average Bonchev–Trinajstić information content (AvgIpc) is 3.11. The van der Waals surface area contributed by atoms with E-state index in [0.717, 1.165) is 51.5 Å². The number of carbonyl (C=O) groups is 1. The van der Waals surface area contributed by atoms with Crippen molar-refractivity contribution in [2.45, 2.75) is 25.7 Å². The Morgan fingerprint density at radius 1 is 0.781 bits per heavy atom. The van der Waals surface area contributed by atoms with E-state index in [2.05, 4.69) is 68.6 Å². The number of piperazine rings is 1. The first-order valence-corrected chi connectivity index (χ1v) is 12.1. The summed E-state index contributed by atoms with van der Waals surface area (Å²) in [6.45, 7) is 7.55. The van der Waals surface area contributed by atoms with Crippen molar-refractivity contribution >= 4 is 23.4 Å². The molecule has 0 aromatic heterocycles. The lowest BCUT2D eigenvalue weighted by Crippen LogP contribution is -2.48. The highest BCUT2D eigenvalue weighted by Gasteiger charge is 2.18. The van der Waals surface area contributed by atoms with Gasteiger partial charge in [0.1, 0.15) is 0 Å². The van der Waals surface area contributed by atoms with Crippen LogP contribution in [0.15, 0.2) is 60.7 Å². The van der Waals surface area contributed by atoms with Gasteiger partial charge < -0.3 is 10.2 Å². The van der Waals surface area contributed by atoms with Gasteiger partial charge in [0, 0.05) is 57.2 Å². The SMILES string of the molecule is O=C(CN1CCN(CC=Cc2ccccc2)CC1)Nc1ccc(N2CCCCCC2)cc1. The summed E-state index contributed by atoms with van der Waals surface area (Å²) in [5.41, 5.74) is 3.39. The summed E-state index contributed by atoms with van der Waals surface area (Å²) in [7, 11) is 0. The third-order valence-corrected chi connectivity index (χ3v) is 6.43. The van der Waals surface area contributed by atoms with E-state index < -0.39 is 0 Å². The first kappa shape index (κ1) is 22.6. The molecule has 0 radical (unpaired) electrons. The Kier molecular flexibility index (Phi) is 8.35. The first-order valence-electron chi connectivity index (χ1n) is 12.1. The van der Waals surface area contributed by atoms with E-state index in [0.29, 0.717) is 6.54 Å². The number of nitrogens with one attached hydrogen (secondary N) is 1. The summed E-state index contributed by atoms with van der Waals surface area (Å²) in [5, 5.41) is 3.07. The maximum Gasteiger partial charge on any atom is 0.238 e. The van der Waals surface area contributed by atoms with Crippen LogP contribution in [0.25, 0.3) is 6.08 Å². The first-order chi connectivity index (χ1) is 15.8. The van der Waals surface area contributed by atoms with Gasteiger partial charge in [-0.15, -0.1) is 0 Å². The number of hydrogen-bond donors (Lipinski definition) is 1. The lowest BCUT2D eigenvalue weighted by atomic mass is 10.2.